The molecule has 6 nitrogen and oxygen atoms in total. The second kappa shape index (κ2) is 17.2. The molecule has 1 atom stereocenters. The zero-order valence-corrected chi connectivity index (χ0v) is 23.0. The number of thioether (sulfide) groups is 1. The largest absolute Gasteiger partial charge is 0.368 e. The molecule has 0 aliphatic heterocycles. The smallest absolute Gasteiger partial charge is 0.189 e. The van der Waals surface area contributed by atoms with E-state index >= 15 is 0 Å². The highest BCUT2D eigenvalue weighted by atomic mass is 32.2. The highest BCUT2D eigenvalue weighted by Crippen LogP contribution is 2.30. The minimum absolute atomic E-state index is 0.251. The van der Waals surface area contributed by atoms with Gasteiger partial charge in [-0.15, -0.1) is 0 Å². The van der Waals surface area contributed by atoms with Crippen molar-refractivity contribution in [3.63, 3.8) is 0 Å². The zero-order valence-electron chi connectivity index (χ0n) is 22.2. The maximum absolute atomic E-state index is 13.4. The molecule has 0 saturated carbocycles. The SMILES string of the molecule is CC.CCCC(CCC)c1cn(-c2ccnc(SC)n2)c(-c2ccc(F)cc2)n1.CCOC(C)O. The van der Waals surface area contributed by atoms with Gasteiger partial charge in [0.15, 0.2) is 11.4 Å². The highest BCUT2D eigenvalue weighted by molar-refractivity contribution is 7.98. The first-order valence-electron chi connectivity index (χ1n) is 12.5. The average molecular weight is 505 g/mol. The second-order valence-electron chi connectivity index (χ2n) is 7.60. The molecule has 0 radical (unpaired) electrons. The summed E-state index contributed by atoms with van der Waals surface area (Å²) < 4.78 is 20.0. The third-order valence-corrected chi connectivity index (χ3v) is 5.54. The molecule has 2 heterocycles. The lowest BCUT2D eigenvalue weighted by atomic mass is 9.95. The van der Waals surface area contributed by atoms with E-state index in [9.17, 15) is 4.39 Å². The van der Waals surface area contributed by atoms with Crippen molar-refractivity contribution in [3.8, 4) is 17.2 Å². The molecular weight excluding hydrogens is 463 g/mol. The lowest BCUT2D eigenvalue weighted by molar-refractivity contribution is -0.0800. The van der Waals surface area contributed by atoms with Gasteiger partial charge in [0.1, 0.15) is 17.5 Å². The molecule has 0 aliphatic carbocycles. The number of aliphatic hydroxyl groups excluding tert-OH is 1. The summed E-state index contributed by atoms with van der Waals surface area (Å²) in [4.78, 5) is 13.9. The summed E-state index contributed by atoms with van der Waals surface area (Å²) in [5.41, 5.74) is 1.95. The van der Waals surface area contributed by atoms with Crippen molar-refractivity contribution in [3.05, 3.63) is 54.2 Å². The van der Waals surface area contributed by atoms with Gasteiger partial charge in [-0.25, -0.2) is 19.3 Å². The average Bonchev–Trinajstić information content (AvgIpc) is 3.31. The third kappa shape index (κ3) is 10.1. The molecule has 0 saturated heterocycles. The molecule has 8 heteroatoms. The van der Waals surface area contributed by atoms with E-state index in [0.717, 1.165) is 48.6 Å². The summed E-state index contributed by atoms with van der Waals surface area (Å²) in [5.74, 6) is 1.73. The third-order valence-electron chi connectivity index (χ3n) is 4.98. The maximum atomic E-state index is 13.4. The topological polar surface area (TPSA) is 73.1 Å². The molecule has 1 unspecified atom stereocenters. The van der Waals surface area contributed by atoms with Gasteiger partial charge < -0.3 is 9.84 Å². The second-order valence-corrected chi connectivity index (χ2v) is 8.37. The summed E-state index contributed by atoms with van der Waals surface area (Å²) in [6.07, 6.45) is 9.65. The predicted octanol–water partition coefficient (Wildman–Crippen LogP) is 7.26. The minimum atomic E-state index is -0.602. The normalized spacial score (nSPS) is 11.4. The Morgan fingerprint density at radius 1 is 1.03 bits per heavy atom. The van der Waals surface area contributed by atoms with Crippen molar-refractivity contribution < 1.29 is 14.2 Å². The van der Waals surface area contributed by atoms with E-state index in [1.165, 1.54) is 23.9 Å². The lowest BCUT2D eigenvalue weighted by Crippen LogP contribution is -2.04. The molecule has 0 amide bonds. The van der Waals surface area contributed by atoms with Crippen molar-refractivity contribution in [1.82, 2.24) is 19.5 Å². The van der Waals surface area contributed by atoms with Crippen LogP contribution in [0.4, 0.5) is 4.39 Å². The van der Waals surface area contributed by atoms with E-state index < -0.39 is 6.29 Å². The molecule has 3 rings (SSSR count). The quantitative estimate of drug-likeness (QED) is 0.178. The molecule has 2 aromatic heterocycles. The van der Waals surface area contributed by atoms with E-state index in [0.29, 0.717) is 17.7 Å². The standard InChI is InChI=1S/C21H25FN4S.C4H10O2.C2H6/c1-4-6-15(7-5-2)18-14-26(19-12-13-23-21(25-19)27-3)20(24-18)16-8-10-17(22)11-9-16;1-3-6-4(2)5;1-2/h8-15H,4-7H2,1-3H3;4-5H,3H2,1-2H3;1-2H3. The molecule has 0 aliphatic rings. The number of rotatable bonds is 10. The number of ether oxygens (including phenoxy) is 1. The number of hydrogen-bond donors (Lipinski definition) is 1. The lowest BCUT2D eigenvalue weighted by Gasteiger charge is -2.11. The van der Waals surface area contributed by atoms with Gasteiger partial charge in [0, 0.05) is 30.5 Å². The van der Waals surface area contributed by atoms with E-state index in [-0.39, 0.29) is 5.82 Å². The van der Waals surface area contributed by atoms with Crippen LogP contribution in [0, 0.1) is 5.82 Å². The van der Waals surface area contributed by atoms with E-state index in [4.69, 9.17) is 10.1 Å². The van der Waals surface area contributed by atoms with Crippen LogP contribution in [0.1, 0.15) is 78.8 Å². The summed E-state index contributed by atoms with van der Waals surface area (Å²) >= 11 is 1.51. The Labute approximate surface area is 214 Å². The molecule has 1 aromatic carbocycles. The van der Waals surface area contributed by atoms with Crippen molar-refractivity contribution in [2.45, 2.75) is 84.6 Å². The van der Waals surface area contributed by atoms with Crippen LogP contribution in [-0.2, 0) is 4.74 Å². The van der Waals surface area contributed by atoms with Gasteiger partial charge in [-0.1, -0.05) is 52.3 Å². The van der Waals surface area contributed by atoms with E-state index in [1.807, 2.05) is 37.7 Å². The predicted molar refractivity (Wildman–Crippen MR) is 144 cm³/mol. The summed E-state index contributed by atoms with van der Waals surface area (Å²) in [6, 6.07) is 8.35. The first-order chi connectivity index (χ1) is 16.9. The molecule has 0 spiro atoms. The number of nitrogens with zero attached hydrogens (tertiary/aromatic N) is 4. The Morgan fingerprint density at radius 2 is 1.66 bits per heavy atom. The van der Waals surface area contributed by atoms with E-state index in [1.54, 1.807) is 25.3 Å². The van der Waals surface area contributed by atoms with Crippen LogP contribution in [0.3, 0.4) is 0 Å². The number of imidazole rings is 1. The van der Waals surface area contributed by atoms with Crippen molar-refractivity contribution in [2.75, 3.05) is 12.9 Å². The summed E-state index contributed by atoms with van der Waals surface area (Å²) in [5, 5.41) is 9.04. The highest BCUT2D eigenvalue weighted by Gasteiger charge is 2.19. The minimum Gasteiger partial charge on any atom is -0.368 e. The van der Waals surface area contributed by atoms with Gasteiger partial charge in [0.2, 0.25) is 0 Å². The Hall–Kier alpha value is -2.29. The molecule has 35 heavy (non-hydrogen) atoms. The van der Waals surface area contributed by atoms with E-state index in [2.05, 4.69) is 34.7 Å². The van der Waals surface area contributed by atoms with Crippen molar-refractivity contribution >= 4 is 11.8 Å². The Bertz CT molecular complexity index is 958. The maximum Gasteiger partial charge on any atom is 0.189 e. The van der Waals surface area contributed by atoms with Crippen LogP contribution in [0.15, 0.2) is 47.9 Å². The molecule has 0 fully saturated rings. The number of aliphatic hydroxyl groups is 1. The number of aromatic nitrogens is 4. The molecule has 1 N–H and O–H groups in total. The van der Waals surface area contributed by atoms with Crippen LogP contribution < -0.4 is 0 Å². The van der Waals surface area contributed by atoms with Gasteiger partial charge in [-0.05, 0) is 63.3 Å². The molecule has 194 valence electrons. The number of benzene rings is 1. The van der Waals surface area contributed by atoms with Crippen LogP contribution in [0.2, 0.25) is 0 Å². The monoisotopic (exact) mass is 504 g/mol. The van der Waals surface area contributed by atoms with Gasteiger partial charge in [-0.3, -0.25) is 4.57 Å². The number of halogens is 1. The fraction of sp³-hybridized carbons (Fsp3) is 0.519. The fourth-order valence-electron chi connectivity index (χ4n) is 3.51. The van der Waals surface area contributed by atoms with Crippen LogP contribution in [0.5, 0.6) is 0 Å². The van der Waals surface area contributed by atoms with Gasteiger partial charge in [-0.2, -0.15) is 0 Å². The van der Waals surface area contributed by atoms with Crippen LogP contribution in [-0.4, -0.2) is 43.8 Å². The van der Waals surface area contributed by atoms with Gasteiger partial charge in [0.05, 0.1) is 5.69 Å². The first-order valence-corrected chi connectivity index (χ1v) is 13.7. The summed E-state index contributed by atoms with van der Waals surface area (Å²) in [7, 11) is 0. The van der Waals surface area contributed by atoms with Crippen molar-refractivity contribution in [2.24, 2.45) is 0 Å². The Balaban J connectivity index is 0.000000670. The number of hydrogen-bond acceptors (Lipinski definition) is 6. The molecular formula is C27H41FN4O2S. The van der Waals surface area contributed by atoms with Gasteiger partial charge in [0.25, 0.3) is 0 Å². The summed E-state index contributed by atoms with van der Waals surface area (Å²) in [6.45, 7) is 12.4. The Kier molecular flexibility index (Phi) is 15.1. The first kappa shape index (κ1) is 30.7. The Morgan fingerprint density at radius 3 is 2.14 bits per heavy atom. The van der Waals surface area contributed by atoms with Gasteiger partial charge >= 0.3 is 0 Å². The van der Waals surface area contributed by atoms with Crippen molar-refractivity contribution in [1.29, 1.82) is 0 Å². The van der Waals surface area contributed by atoms with Crippen LogP contribution >= 0.6 is 11.8 Å². The fourth-order valence-corrected chi connectivity index (χ4v) is 3.87. The zero-order chi connectivity index (χ0) is 26.2. The van der Waals surface area contributed by atoms with Crippen LogP contribution in [0.25, 0.3) is 17.2 Å². The molecule has 3 aromatic rings. The molecule has 0 bridgehead atoms.